The number of nitrogens with zero attached hydrogens (tertiary/aromatic N) is 1. The topological polar surface area (TPSA) is 182 Å². The molecule has 0 unspecified atom stereocenters. The van der Waals surface area contributed by atoms with Crippen molar-refractivity contribution in [2.45, 2.75) is 45.4 Å². The van der Waals surface area contributed by atoms with Crippen LogP contribution in [0.25, 0.3) is 0 Å². The maximum absolute atomic E-state index is 13.3. The number of aliphatic hydroxyl groups excluding tert-OH is 1. The van der Waals surface area contributed by atoms with Crippen molar-refractivity contribution >= 4 is 33.7 Å². The van der Waals surface area contributed by atoms with E-state index in [-0.39, 0.29) is 49.8 Å². The minimum atomic E-state index is -4.11. The Hall–Kier alpha value is -6.22. The van der Waals surface area contributed by atoms with Crippen molar-refractivity contribution in [2.24, 2.45) is 0 Å². The first-order valence-corrected chi connectivity index (χ1v) is 18.6. The third-order valence-corrected chi connectivity index (χ3v) is 9.39. The van der Waals surface area contributed by atoms with Crippen LogP contribution in [0.2, 0.25) is 0 Å². The van der Waals surface area contributed by atoms with E-state index in [2.05, 4.69) is 10.6 Å². The smallest absolute Gasteiger partial charge is 0.345 e. The minimum absolute atomic E-state index is 0.0710. The van der Waals surface area contributed by atoms with Crippen LogP contribution in [0.15, 0.2) is 109 Å². The molecule has 4 N–H and O–H groups in total. The Morgan fingerprint density at radius 2 is 1.43 bits per heavy atom. The van der Waals surface area contributed by atoms with Crippen LogP contribution in [-0.4, -0.2) is 57.6 Å². The van der Waals surface area contributed by atoms with E-state index in [1.807, 2.05) is 65.4 Å². The summed E-state index contributed by atoms with van der Waals surface area (Å²) in [7, 11) is -2.82. The maximum atomic E-state index is 13.3. The van der Waals surface area contributed by atoms with Gasteiger partial charge in [-0.25, -0.2) is 13.8 Å². The average molecular weight is 759 g/mol. The highest BCUT2D eigenvalue weighted by Gasteiger charge is 2.31. The number of rotatable bonds is 18. The molecule has 4 aromatic carbocycles. The first-order valence-electron chi connectivity index (χ1n) is 17.1. The Morgan fingerprint density at radius 3 is 2.02 bits per heavy atom. The van der Waals surface area contributed by atoms with Crippen LogP contribution in [0, 0.1) is 0 Å². The second kappa shape index (κ2) is 18.5. The molecule has 14 nitrogen and oxygen atoms in total. The monoisotopic (exact) mass is 758 g/mol. The minimum Gasteiger partial charge on any atom is -0.493 e. The SMILES string of the molecule is COC(=O)c1c(OCCCCNC(=O)[C@H](Cc2ccc(N3C=C(O)NS3(=O)=O)c(OCc3ccccc3)c2)NC(C)=O)cccc1OCc1ccccc1. The number of hydrogen-bond donors (Lipinski definition) is 4. The molecule has 0 saturated heterocycles. The van der Waals surface area contributed by atoms with Crippen molar-refractivity contribution in [2.75, 3.05) is 24.6 Å². The fourth-order valence-electron chi connectivity index (χ4n) is 5.53. The second-order valence-corrected chi connectivity index (χ2v) is 13.7. The fraction of sp³-hybridized carbons (Fsp3) is 0.256. The molecule has 4 aromatic rings. The fourth-order valence-corrected chi connectivity index (χ4v) is 6.59. The molecule has 5 rings (SSSR count). The van der Waals surface area contributed by atoms with Crippen molar-refractivity contribution in [3.05, 3.63) is 131 Å². The molecule has 1 aliphatic rings. The lowest BCUT2D eigenvalue weighted by Crippen LogP contribution is -2.47. The number of methoxy groups -OCH3 is 1. The summed E-state index contributed by atoms with van der Waals surface area (Å²) < 4.78 is 51.1. The Bertz CT molecular complexity index is 2060. The van der Waals surface area contributed by atoms with Crippen molar-refractivity contribution in [3.63, 3.8) is 0 Å². The van der Waals surface area contributed by atoms with E-state index in [0.29, 0.717) is 29.9 Å². The van der Waals surface area contributed by atoms with Crippen molar-refractivity contribution in [3.8, 4) is 17.2 Å². The van der Waals surface area contributed by atoms with Crippen LogP contribution in [0.3, 0.4) is 0 Å². The summed E-state index contributed by atoms with van der Waals surface area (Å²) in [6.45, 7) is 2.20. The first kappa shape index (κ1) is 39.0. The number of carbonyl (C=O) groups excluding carboxylic acids is 3. The molecule has 284 valence electrons. The summed E-state index contributed by atoms with van der Waals surface area (Å²) in [4.78, 5) is 38.1. The van der Waals surface area contributed by atoms with Gasteiger partial charge in [-0.1, -0.05) is 72.8 Å². The van der Waals surface area contributed by atoms with Gasteiger partial charge in [-0.05, 0) is 53.8 Å². The molecule has 1 aliphatic heterocycles. The van der Waals surface area contributed by atoms with Crippen molar-refractivity contribution in [1.82, 2.24) is 15.4 Å². The molecule has 1 heterocycles. The van der Waals surface area contributed by atoms with Gasteiger partial charge in [0.25, 0.3) is 0 Å². The number of aliphatic hydroxyl groups is 1. The van der Waals surface area contributed by atoms with Gasteiger partial charge < -0.3 is 34.7 Å². The first-order chi connectivity index (χ1) is 26.0. The molecular formula is C39H42N4O10S. The summed E-state index contributed by atoms with van der Waals surface area (Å²) in [6, 6.07) is 27.6. The Kier molecular flexibility index (Phi) is 13.4. The molecule has 0 fully saturated rings. The number of esters is 1. The maximum Gasteiger partial charge on any atom is 0.345 e. The number of unbranched alkanes of at least 4 members (excludes halogenated alkanes) is 1. The van der Waals surface area contributed by atoms with Crippen LogP contribution < -0.4 is 33.9 Å². The molecule has 0 aromatic heterocycles. The molecule has 1 atom stereocenters. The lowest BCUT2D eigenvalue weighted by atomic mass is 10.0. The van der Waals surface area contributed by atoms with Gasteiger partial charge in [0.05, 0.1) is 19.9 Å². The third kappa shape index (κ3) is 10.7. The number of nitrogens with one attached hydrogen (secondary N) is 3. The molecule has 0 spiro atoms. The van der Waals surface area contributed by atoms with Gasteiger partial charge >= 0.3 is 16.2 Å². The standard InChI is InChI=1S/C39H42N4O10S/c1-27(44)41-31(22-30-18-19-32(43-24-36(45)42-54(43,48)49)35(23-30)53-26-29-14-7-4-8-15-29)38(46)40-20-9-10-21-51-33-16-11-17-34(37(33)39(47)50-2)52-25-28-12-5-3-6-13-28/h3-8,11-19,23-24,31,42,45H,9-10,20-22,25-26H2,1-2H3,(H,40,46)(H,41,44)/t31-/m0/s1. The zero-order chi connectivity index (χ0) is 38.5. The van der Waals surface area contributed by atoms with E-state index < -0.39 is 39.9 Å². The summed E-state index contributed by atoms with van der Waals surface area (Å²) in [5.74, 6) is -1.15. The van der Waals surface area contributed by atoms with Crippen molar-refractivity contribution < 1.29 is 46.9 Å². The number of hydrogen-bond acceptors (Lipinski definition) is 10. The predicted molar refractivity (Wildman–Crippen MR) is 200 cm³/mol. The Morgan fingerprint density at radius 1 is 0.796 bits per heavy atom. The highest BCUT2D eigenvalue weighted by Crippen LogP contribution is 2.35. The predicted octanol–water partition coefficient (Wildman–Crippen LogP) is 4.67. The van der Waals surface area contributed by atoms with Gasteiger partial charge in [0.15, 0.2) is 0 Å². The van der Waals surface area contributed by atoms with Gasteiger partial charge in [-0.15, -0.1) is 0 Å². The van der Waals surface area contributed by atoms with E-state index in [0.717, 1.165) is 21.6 Å². The highest BCUT2D eigenvalue weighted by molar-refractivity contribution is 7.91. The summed E-state index contributed by atoms with van der Waals surface area (Å²) in [5.41, 5.74) is 2.67. The summed E-state index contributed by atoms with van der Waals surface area (Å²) in [6.07, 6.45) is 2.15. The highest BCUT2D eigenvalue weighted by atomic mass is 32.2. The lowest BCUT2D eigenvalue weighted by Gasteiger charge is -2.21. The number of ether oxygens (including phenoxy) is 4. The normalized spacial score (nSPS) is 13.5. The molecule has 0 saturated carbocycles. The Labute approximate surface area is 313 Å². The summed E-state index contributed by atoms with van der Waals surface area (Å²) in [5, 5.41) is 15.4. The number of carbonyl (C=O) groups is 3. The van der Waals surface area contributed by atoms with Gasteiger partial charge in [-0.2, -0.15) is 8.42 Å². The molecule has 54 heavy (non-hydrogen) atoms. The molecule has 15 heteroatoms. The van der Waals surface area contributed by atoms with E-state index in [9.17, 15) is 27.9 Å². The third-order valence-electron chi connectivity index (χ3n) is 8.11. The van der Waals surface area contributed by atoms with E-state index in [1.165, 1.54) is 20.1 Å². The number of benzene rings is 4. The molecular weight excluding hydrogens is 717 g/mol. The molecule has 2 amide bonds. The molecule has 0 aliphatic carbocycles. The van der Waals surface area contributed by atoms with Crippen LogP contribution >= 0.6 is 0 Å². The number of amides is 2. The van der Waals surface area contributed by atoms with Gasteiger partial charge in [0.2, 0.25) is 17.7 Å². The quantitative estimate of drug-likeness (QED) is 0.0823. The van der Waals surface area contributed by atoms with Crippen LogP contribution in [-0.2, 0) is 44.2 Å². The van der Waals surface area contributed by atoms with E-state index >= 15 is 0 Å². The summed E-state index contributed by atoms with van der Waals surface area (Å²) >= 11 is 0. The lowest BCUT2D eigenvalue weighted by molar-refractivity contribution is -0.128. The number of anilines is 1. The zero-order valence-corrected chi connectivity index (χ0v) is 30.6. The molecule has 0 radical (unpaired) electrons. The zero-order valence-electron chi connectivity index (χ0n) is 29.8. The largest absolute Gasteiger partial charge is 0.493 e. The van der Waals surface area contributed by atoms with Crippen LogP contribution in [0.1, 0.15) is 46.8 Å². The second-order valence-electron chi connectivity index (χ2n) is 12.2. The van der Waals surface area contributed by atoms with Crippen LogP contribution in [0.5, 0.6) is 17.2 Å². The van der Waals surface area contributed by atoms with Gasteiger partial charge in [-0.3, -0.25) is 9.59 Å². The van der Waals surface area contributed by atoms with Gasteiger partial charge in [0.1, 0.15) is 47.8 Å². The molecule has 0 bridgehead atoms. The van der Waals surface area contributed by atoms with Crippen LogP contribution in [0.4, 0.5) is 5.69 Å². The van der Waals surface area contributed by atoms with E-state index in [4.69, 9.17) is 18.9 Å². The van der Waals surface area contributed by atoms with Gasteiger partial charge in [0, 0.05) is 19.9 Å². The van der Waals surface area contributed by atoms with E-state index in [1.54, 1.807) is 30.3 Å². The average Bonchev–Trinajstić information content (AvgIpc) is 3.45. The van der Waals surface area contributed by atoms with Crippen molar-refractivity contribution in [1.29, 1.82) is 0 Å². The Balaban J connectivity index is 1.19.